The van der Waals surface area contributed by atoms with Gasteiger partial charge in [-0.1, -0.05) is 56.3 Å². The van der Waals surface area contributed by atoms with Crippen LogP contribution in [-0.2, 0) is 0 Å². The highest BCUT2D eigenvalue weighted by Crippen LogP contribution is 2.28. The highest BCUT2D eigenvalue weighted by Gasteiger charge is 2.04. The van der Waals surface area contributed by atoms with Gasteiger partial charge in [-0.05, 0) is 57.0 Å². The molecule has 1 heteroatoms. The van der Waals surface area contributed by atoms with E-state index in [1.165, 1.54) is 38.2 Å². The van der Waals surface area contributed by atoms with Gasteiger partial charge >= 0.3 is 0 Å². The van der Waals surface area contributed by atoms with Crippen LogP contribution in [0.5, 0.6) is 0 Å². The van der Waals surface area contributed by atoms with E-state index in [0.29, 0.717) is 5.92 Å². The van der Waals surface area contributed by atoms with Crippen molar-refractivity contribution in [3.63, 3.8) is 0 Å². The van der Waals surface area contributed by atoms with Crippen LogP contribution >= 0.6 is 0 Å². The number of benzene rings is 3. The summed E-state index contributed by atoms with van der Waals surface area (Å²) in [5.41, 5.74) is 3.90. The molecular formula is C22H19N. The Morgan fingerprint density at radius 3 is 2.00 bits per heavy atom. The van der Waals surface area contributed by atoms with Crippen LogP contribution in [0.1, 0.15) is 25.3 Å². The molecule has 0 bridgehead atoms. The molecule has 0 atom stereocenters. The minimum absolute atomic E-state index is 0.563. The van der Waals surface area contributed by atoms with Gasteiger partial charge in [0.05, 0.1) is 0 Å². The van der Waals surface area contributed by atoms with Crippen LogP contribution in [0, 0.1) is 0 Å². The van der Waals surface area contributed by atoms with Crippen LogP contribution in [0.3, 0.4) is 0 Å². The zero-order chi connectivity index (χ0) is 15.8. The molecule has 0 radical (unpaired) electrons. The van der Waals surface area contributed by atoms with E-state index < -0.39 is 0 Å². The number of fused-ring (bicyclic) bond motifs is 2. The maximum Gasteiger partial charge on any atom is 0.0346 e. The van der Waals surface area contributed by atoms with Gasteiger partial charge in [0.2, 0.25) is 0 Å². The summed E-state index contributed by atoms with van der Waals surface area (Å²) in [4.78, 5) is 4.18. The molecule has 0 aliphatic rings. The first-order chi connectivity index (χ1) is 11.2. The molecule has 0 aliphatic carbocycles. The molecule has 0 saturated heterocycles. The molecule has 0 saturated carbocycles. The topological polar surface area (TPSA) is 12.9 Å². The number of hydrogen-bond donors (Lipinski definition) is 0. The third-order valence-corrected chi connectivity index (χ3v) is 4.50. The Morgan fingerprint density at radius 1 is 0.652 bits per heavy atom. The summed E-state index contributed by atoms with van der Waals surface area (Å²) in [6.07, 6.45) is 3.76. The van der Waals surface area contributed by atoms with Crippen LogP contribution in [0.4, 0.5) is 0 Å². The van der Waals surface area contributed by atoms with Gasteiger partial charge < -0.3 is 0 Å². The first kappa shape index (κ1) is 14.0. The molecule has 1 aromatic heterocycles. The van der Waals surface area contributed by atoms with Crippen LogP contribution in [0.2, 0.25) is 0 Å². The third-order valence-electron chi connectivity index (χ3n) is 4.50. The largest absolute Gasteiger partial charge is 0.264 e. The Bertz CT molecular complexity index is 999. The number of pyridine rings is 1. The Hall–Kier alpha value is -2.67. The first-order valence-corrected chi connectivity index (χ1v) is 8.08. The first-order valence-electron chi connectivity index (χ1n) is 8.08. The molecular weight excluding hydrogens is 278 g/mol. The lowest BCUT2D eigenvalue weighted by atomic mass is 9.96. The Kier molecular flexibility index (Phi) is 3.34. The summed E-state index contributed by atoms with van der Waals surface area (Å²) in [6.45, 7) is 4.47. The van der Waals surface area contributed by atoms with E-state index in [9.17, 15) is 0 Å². The summed E-state index contributed by atoms with van der Waals surface area (Å²) in [6, 6.07) is 22.1. The lowest BCUT2D eigenvalue weighted by Gasteiger charge is -2.09. The van der Waals surface area contributed by atoms with Crippen molar-refractivity contribution in [2.75, 3.05) is 0 Å². The molecule has 0 aliphatic heterocycles. The fourth-order valence-electron chi connectivity index (χ4n) is 3.07. The van der Waals surface area contributed by atoms with Gasteiger partial charge in [-0.15, -0.1) is 0 Å². The van der Waals surface area contributed by atoms with Crippen molar-refractivity contribution in [3.8, 4) is 11.1 Å². The van der Waals surface area contributed by atoms with Gasteiger partial charge in [0.1, 0.15) is 0 Å². The molecule has 0 spiro atoms. The predicted molar refractivity (Wildman–Crippen MR) is 98.8 cm³/mol. The summed E-state index contributed by atoms with van der Waals surface area (Å²) >= 11 is 0. The molecule has 0 amide bonds. The van der Waals surface area contributed by atoms with Gasteiger partial charge in [0.25, 0.3) is 0 Å². The molecule has 3 aromatic carbocycles. The van der Waals surface area contributed by atoms with E-state index in [4.69, 9.17) is 0 Å². The number of nitrogens with zero attached hydrogens (tertiary/aromatic N) is 1. The molecule has 4 aromatic rings. The second kappa shape index (κ2) is 5.51. The minimum Gasteiger partial charge on any atom is -0.264 e. The van der Waals surface area contributed by atoms with E-state index in [0.717, 1.165) is 0 Å². The van der Waals surface area contributed by atoms with Crippen LogP contribution in [0.15, 0.2) is 73.1 Å². The molecule has 4 rings (SSSR count). The highest BCUT2D eigenvalue weighted by atomic mass is 14.6. The van der Waals surface area contributed by atoms with Crippen molar-refractivity contribution < 1.29 is 0 Å². The second-order valence-electron chi connectivity index (χ2n) is 6.41. The maximum absolute atomic E-state index is 4.18. The van der Waals surface area contributed by atoms with E-state index in [1.54, 1.807) is 0 Å². The monoisotopic (exact) mass is 297 g/mol. The molecule has 112 valence electrons. The van der Waals surface area contributed by atoms with E-state index >= 15 is 0 Å². The highest BCUT2D eigenvalue weighted by molar-refractivity contribution is 5.91. The zero-order valence-electron chi connectivity index (χ0n) is 13.5. The van der Waals surface area contributed by atoms with Crippen LogP contribution in [0.25, 0.3) is 32.7 Å². The summed E-state index contributed by atoms with van der Waals surface area (Å²) in [5, 5.41) is 5.01. The van der Waals surface area contributed by atoms with Crippen LogP contribution in [-0.4, -0.2) is 4.98 Å². The molecule has 0 fully saturated rings. The van der Waals surface area contributed by atoms with Crippen molar-refractivity contribution >= 4 is 21.5 Å². The summed E-state index contributed by atoms with van der Waals surface area (Å²) in [5.74, 6) is 0.563. The average Bonchev–Trinajstić information content (AvgIpc) is 2.60. The molecule has 1 heterocycles. The lowest BCUT2D eigenvalue weighted by Crippen LogP contribution is -1.87. The molecule has 0 N–H and O–H groups in total. The van der Waals surface area contributed by atoms with Gasteiger partial charge in [0, 0.05) is 17.8 Å². The molecule has 0 unspecified atom stereocenters. The van der Waals surface area contributed by atoms with Gasteiger partial charge in [-0.25, -0.2) is 0 Å². The predicted octanol–water partition coefficient (Wildman–Crippen LogP) is 6.18. The third kappa shape index (κ3) is 2.59. The summed E-state index contributed by atoms with van der Waals surface area (Å²) < 4.78 is 0. The van der Waals surface area contributed by atoms with Crippen LogP contribution < -0.4 is 0 Å². The minimum atomic E-state index is 0.563. The normalized spacial score (nSPS) is 11.4. The summed E-state index contributed by atoms with van der Waals surface area (Å²) in [7, 11) is 0. The van der Waals surface area contributed by atoms with E-state index in [1.807, 2.05) is 12.4 Å². The number of rotatable bonds is 2. The lowest BCUT2D eigenvalue weighted by molar-refractivity contribution is 0.869. The zero-order valence-corrected chi connectivity index (χ0v) is 13.5. The van der Waals surface area contributed by atoms with Crippen molar-refractivity contribution in [3.05, 3.63) is 78.6 Å². The van der Waals surface area contributed by atoms with E-state index in [2.05, 4.69) is 79.5 Å². The molecule has 23 heavy (non-hydrogen) atoms. The Balaban J connectivity index is 1.82. The van der Waals surface area contributed by atoms with Crippen molar-refractivity contribution in [1.29, 1.82) is 0 Å². The Labute approximate surface area is 136 Å². The van der Waals surface area contributed by atoms with Gasteiger partial charge in [-0.2, -0.15) is 0 Å². The maximum atomic E-state index is 4.18. The molecule has 1 nitrogen and oxygen atoms in total. The SMILES string of the molecule is CC(C)c1ccc2cc(-c3ccc4cnccc4c3)ccc2c1. The smallest absolute Gasteiger partial charge is 0.0346 e. The number of aromatic nitrogens is 1. The van der Waals surface area contributed by atoms with Crippen molar-refractivity contribution in [2.45, 2.75) is 19.8 Å². The fourth-order valence-corrected chi connectivity index (χ4v) is 3.07. The quantitative estimate of drug-likeness (QED) is 0.430. The number of hydrogen-bond acceptors (Lipinski definition) is 1. The van der Waals surface area contributed by atoms with Crippen molar-refractivity contribution in [1.82, 2.24) is 4.98 Å². The van der Waals surface area contributed by atoms with Gasteiger partial charge in [0.15, 0.2) is 0 Å². The van der Waals surface area contributed by atoms with Crippen molar-refractivity contribution in [2.24, 2.45) is 0 Å². The Morgan fingerprint density at radius 2 is 1.26 bits per heavy atom. The van der Waals surface area contributed by atoms with E-state index in [-0.39, 0.29) is 0 Å². The second-order valence-corrected chi connectivity index (χ2v) is 6.41. The standard InChI is InChI=1S/C22H19N/c1-15(2)16-3-4-18-12-19(6-5-17(18)11-16)20-7-8-22-14-23-10-9-21(22)13-20/h3-15H,1-2H3. The van der Waals surface area contributed by atoms with Gasteiger partial charge in [-0.3, -0.25) is 4.98 Å². The fraction of sp³-hybridized carbons (Fsp3) is 0.136. The average molecular weight is 297 g/mol.